The Morgan fingerprint density at radius 3 is 2.71 bits per heavy atom. The summed E-state index contributed by atoms with van der Waals surface area (Å²) in [7, 11) is 1.62. The predicted molar refractivity (Wildman–Crippen MR) is 58.1 cm³/mol. The molecule has 78 valence electrons. The van der Waals surface area contributed by atoms with Gasteiger partial charge in [-0.3, -0.25) is 0 Å². The Kier molecular flexibility index (Phi) is 4.23. The van der Waals surface area contributed by atoms with E-state index in [0.717, 1.165) is 29.7 Å². The summed E-state index contributed by atoms with van der Waals surface area (Å²) >= 11 is 6.14. The van der Waals surface area contributed by atoms with Crippen LogP contribution in [0.1, 0.15) is 17.5 Å². The van der Waals surface area contributed by atoms with E-state index in [2.05, 4.69) is 0 Å². The number of rotatable bonds is 4. The number of methoxy groups -OCH3 is 1. The summed E-state index contributed by atoms with van der Waals surface area (Å²) in [6.07, 6.45) is 1.51. The van der Waals surface area contributed by atoms with E-state index in [0.29, 0.717) is 5.02 Å². The van der Waals surface area contributed by atoms with Crippen LogP contribution in [0, 0.1) is 6.92 Å². The van der Waals surface area contributed by atoms with E-state index >= 15 is 0 Å². The SMILES string of the molecule is COc1c(C)ccc(CCCO)c1Cl. The Morgan fingerprint density at radius 1 is 1.43 bits per heavy atom. The molecule has 0 saturated carbocycles. The molecule has 0 aromatic heterocycles. The van der Waals surface area contributed by atoms with Crippen LogP contribution < -0.4 is 4.74 Å². The van der Waals surface area contributed by atoms with Gasteiger partial charge in [-0.25, -0.2) is 0 Å². The molecule has 0 heterocycles. The molecule has 0 aliphatic carbocycles. The van der Waals surface area contributed by atoms with Crippen LogP contribution in [-0.4, -0.2) is 18.8 Å². The molecule has 0 radical (unpaired) electrons. The Hall–Kier alpha value is -0.730. The quantitative estimate of drug-likeness (QED) is 0.835. The Labute approximate surface area is 89.5 Å². The van der Waals surface area contributed by atoms with E-state index in [1.807, 2.05) is 19.1 Å². The molecule has 1 aromatic carbocycles. The monoisotopic (exact) mass is 214 g/mol. The highest BCUT2D eigenvalue weighted by atomic mass is 35.5. The minimum absolute atomic E-state index is 0.187. The fourth-order valence-electron chi connectivity index (χ4n) is 1.41. The molecule has 0 bridgehead atoms. The van der Waals surface area contributed by atoms with Crippen LogP contribution in [0.5, 0.6) is 5.75 Å². The van der Waals surface area contributed by atoms with Crippen LogP contribution in [0.4, 0.5) is 0 Å². The van der Waals surface area contributed by atoms with Gasteiger partial charge in [0.2, 0.25) is 0 Å². The first kappa shape index (κ1) is 11.3. The minimum Gasteiger partial charge on any atom is -0.495 e. The first-order valence-electron chi connectivity index (χ1n) is 4.63. The van der Waals surface area contributed by atoms with Crippen molar-refractivity contribution >= 4 is 11.6 Å². The zero-order valence-corrected chi connectivity index (χ0v) is 9.27. The van der Waals surface area contributed by atoms with E-state index in [1.165, 1.54) is 0 Å². The van der Waals surface area contributed by atoms with Gasteiger partial charge in [-0.15, -0.1) is 0 Å². The van der Waals surface area contributed by atoms with Crippen molar-refractivity contribution < 1.29 is 9.84 Å². The molecule has 0 atom stereocenters. The molecule has 0 amide bonds. The van der Waals surface area contributed by atoms with Crippen molar-refractivity contribution in [2.75, 3.05) is 13.7 Å². The average Bonchev–Trinajstić information content (AvgIpc) is 2.18. The van der Waals surface area contributed by atoms with Gasteiger partial charge in [0, 0.05) is 6.61 Å². The third kappa shape index (κ3) is 2.40. The number of hydrogen-bond donors (Lipinski definition) is 1. The van der Waals surface area contributed by atoms with Crippen molar-refractivity contribution in [1.29, 1.82) is 0 Å². The summed E-state index contributed by atoms with van der Waals surface area (Å²) in [6, 6.07) is 3.97. The molecule has 0 spiro atoms. The standard InChI is InChI=1S/C11H15ClO2/c1-8-5-6-9(4-3-7-13)10(12)11(8)14-2/h5-6,13H,3-4,7H2,1-2H3. The molecule has 1 N–H and O–H groups in total. The molecule has 0 unspecified atom stereocenters. The first-order valence-corrected chi connectivity index (χ1v) is 5.01. The molecular formula is C11H15ClO2. The summed E-state index contributed by atoms with van der Waals surface area (Å²) in [6.45, 7) is 2.15. The van der Waals surface area contributed by atoms with Gasteiger partial charge in [0.1, 0.15) is 5.75 Å². The average molecular weight is 215 g/mol. The second-order valence-electron chi connectivity index (χ2n) is 3.22. The fourth-order valence-corrected chi connectivity index (χ4v) is 1.79. The van der Waals surface area contributed by atoms with E-state index < -0.39 is 0 Å². The number of ether oxygens (including phenoxy) is 1. The molecular weight excluding hydrogens is 200 g/mol. The van der Waals surface area contributed by atoms with Crippen LogP contribution in [0.3, 0.4) is 0 Å². The lowest BCUT2D eigenvalue weighted by Gasteiger charge is -2.10. The zero-order chi connectivity index (χ0) is 10.6. The maximum Gasteiger partial charge on any atom is 0.140 e. The number of aryl methyl sites for hydroxylation is 2. The van der Waals surface area contributed by atoms with E-state index in [1.54, 1.807) is 7.11 Å². The van der Waals surface area contributed by atoms with Crippen molar-refractivity contribution in [3.05, 3.63) is 28.3 Å². The fraction of sp³-hybridized carbons (Fsp3) is 0.455. The smallest absolute Gasteiger partial charge is 0.140 e. The molecule has 0 aliphatic heterocycles. The highest BCUT2D eigenvalue weighted by Crippen LogP contribution is 2.32. The van der Waals surface area contributed by atoms with Crippen molar-refractivity contribution in [2.45, 2.75) is 19.8 Å². The van der Waals surface area contributed by atoms with E-state index in [4.69, 9.17) is 21.4 Å². The van der Waals surface area contributed by atoms with Crippen molar-refractivity contribution in [2.24, 2.45) is 0 Å². The minimum atomic E-state index is 0.187. The lowest BCUT2D eigenvalue weighted by Crippen LogP contribution is -1.95. The molecule has 2 nitrogen and oxygen atoms in total. The molecule has 0 aliphatic rings. The molecule has 14 heavy (non-hydrogen) atoms. The molecule has 0 fully saturated rings. The largest absolute Gasteiger partial charge is 0.495 e. The van der Waals surface area contributed by atoms with Crippen molar-refractivity contribution in [1.82, 2.24) is 0 Å². The summed E-state index contributed by atoms with van der Waals surface area (Å²) in [4.78, 5) is 0. The maximum absolute atomic E-state index is 8.73. The van der Waals surface area contributed by atoms with Gasteiger partial charge in [0.25, 0.3) is 0 Å². The topological polar surface area (TPSA) is 29.5 Å². The van der Waals surface area contributed by atoms with Crippen LogP contribution in [-0.2, 0) is 6.42 Å². The lowest BCUT2D eigenvalue weighted by atomic mass is 10.1. The van der Waals surface area contributed by atoms with Gasteiger partial charge >= 0.3 is 0 Å². The van der Waals surface area contributed by atoms with Crippen LogP contribution in [0.2, 0.25) is 5.02 Å². The van der Waals surface area contributed by atoms with Gasteiger partial charge in [-0.2, -0.15) is 0 Å². The third-order valence-corrected chi connectivity index (χ3v) is 2.60. The number of aliphatic hydroxyl groups excluding tert-OH is 1. The van der Waals surface area contributed by atoms with Crippen LogP contribution in [0.25, 0.3) is 0 Å². The summed E-state index contributed by atoms with van der Waals surface area (Å²) in [5, 5.41) is 9.39. The third-order valence-electron chi connectivity index (χ3n) is 2.18. The van der Waals surface area contributed by atoms with Crippen LogP contribution in [0.15, 0.2) is 12.1 Å². The molecule has 1 rings (SSSR count). The number of halogens is 1. The maximum atomic E-state index is 8.73. The second kappa shape index (κ2) is 5.23. The highest BCUT2D eigenvalue weighted by molar-refractivity contribution is 6.33. The van der Waals surface area contributed by atoms with Crippen molar-refractivity contribution in [3.8, 4) is 5.75 Å². The van der Waals surface area contributed by atoms with Gasteiger partial charge in [-0.1, -0.05) is 23.7 Å². The van der Waals surface area contributed by atoms with Crippen molar-refractivity contribution in [3.63, 3.8) is 0 Å². The molecule has 3 heteroatoms. The highest BCUT2D eigenvalue weighted by Gasteiger charge is 2.08. The second-order valence-corrected chi connectivity index (χ2v) is 3.59. The number of aliphatic hydroxyl groups is 1. The summed E-state index contributed by atoms with van der Waals surface area (Å²) in [5.74, 6) is 0.738. The van der Waals surface area contributed by atoms with E-state index in [-0.39, 0.29) is 6.61 Å². The Morgan fingerprint density at radius 2 is 2.14 bits per heavy atom. The molecule has 0 saturated heterocycles. The summed E-state index contributed by atoms with van der Waals surface area (Å²) in [5.41, 5.74) is 2.06. The van der Waals surface area contributed by atoms with Gasteiger partial charge in [0.15, 0.2) is 0 Å². The first-order chi connectivity index (χ1) is 6.70. The predicted octanol–water partition coefficient (Wildman–Crippen LogP) is 2.58. The van der Waals surface area contributed by atoms with E-state index in [9.17, 15) is 0 Å². The Bertz CT molecular complexity index is 310. The van der Waals surface area contributed by atoms with Gasteiger partial charge in [0.05, 0.1) is 12.1 Å². The normalized spacial score (nSPS) is 10.3. The number of benzene rings is 1. The Balaban J connectivity index is 2.96. The summed E-state index contributed by atoms with van der Waals surface area (Å²) < 4.78 is 5.20. The zero-order valence-electron chi connectivity index (χ0n) is 8.51. The van der Waals surface area contributed by atoms with Gasteiger partial charge < -0.3 is 9.84 Å². The lowest BCUT2D eigenvalue weighted by molar-refractivity contribution is 0.288. The van der Waals surface area contributed by atoms with Gasteiger partial charge in [-0.05, 0) is 30.9 Å². The van der Waals surface area contributed by atoms with Crippen LogP contribution >= 0.6 is 11.6 Å². The number of hydrogen-bond acceptors (Lipinski definition) is 2. The molecule has 1 aromatic rings.